The molecule has 2 amide bonds. The van der Waals surface area contributed by atoms with Crippen LogP contribution in [0.2, 0.25) is 0 Å². The van der Waals surface area contributed by atoms with Crippen LogP contribution in [0.15, 0.2) is 24.3 Å². The summed E-state index contributed by atoms with van der Waals surface area (Å²) in [6.45, 7) is 2.70. The van der Waals surface area contributed by atoms with E-state index in [0.717, 1.165) is 12.8 Å². The van der Waals surface area contributed by atoms with E-state index < -0.39 is 0 Å². The van der Waals surface area contributed by atoms with Gasteiger partial charge in [-0.2, -0.15) is 0 Å². The lowest BCUT2D eigenvalue weighted by Gasteiger charge is -2.35. The zero-order chi connectivity index (χ0) is 15.4. The molecule has 0 unspecified atom stereocenters. The Balaban J connectivity index is 1.40. The van der Waals surface area contributed by atoms with Crippen molar-refractivity contribution >= 4 is 6.03 Å². The zero-order valence-corrected chi connectivity index (χ0v) is 12.8. The summed E-state index contributed by atoms with van der Waals surface area (Å²) in [5.41, 5.74) is 1.18. The molecule has 120 valence electrons. The quantitative estimate of drug-likeness (QED) is 0.819. The van der Waals surface area contributed by atoms with Gasteiger partial charge in [-0.1, -0.05) is 12.1 Å². The second-order valence-electron chi connectivity index (χ2n) is 6.18. The fourth-order valence-electron chi connectivity index (χ4n) is 3.00. The maximum atomic E-state index is 12.3. The van der Waals surface area contributed by atoms with Crippen LogP contribution in [0.1, 0.15) is 24.8 Å². The number of hydrogen-bond donors (Lipinski definition) is 2. The Labute approximate surface area is 131 Å². The molecule has 0 bridgehead atoms. The number of phenolic OH excluding ortho intramolecular Hbond substituents is 1. The maximum Gasteiger partial charge on any atom is 0.317 e. The van der Waals surface area contributed by atoms with Gasteiger partial charge in [-0.05, 0) is 49.3 Å². The lowest BCUT2D eigenvalue weighted by atomic mass is 10.1. The number of aryl methyl sites for hydroxylation is 1. The molecule has 2 N–H and O–H groups in total. The van der Waals surface area contributed by atoms with Crippen LogP contribution in [0.5, 0.6) is 5.75 Å². The van der Waals surface area contributed by atoms with Crippen molar-refractivity contribution in [1.29, 1.82) is 0 Å². The van der Waals surface area contributed by atoms with E-state index in [1.807, 2.05) is 17.0 Å². The third-order valence-electron chi connectivity index (χ3n) is 4.45. The van der Waals surface area contributed by atoms with Crippen LogP contribution < -0.4 is 5.32 Å². The number of ether oxygens (including phenoxy) is 1. The number of carbonyl (C=O) groups is 1. The highest BCUT2D eigenvalue weighted by Gasteiger charge is 2.39. The summed E-state index contributed by atoms with van der Waals surface area (Å²) in [4.78, 5) is 14.3. The van der Waals surface area contributed by atoms with Crippen molar-refractivity contribution in [3.63, 3.8) is 0 Å². The molecule has 22 heavy (non-hydrogen) atoms. The van der Waals surface area contributed by atoms with E-state index in [9.17, 15) is 9.90 Å². The molecule has 1 saturated carbocycles. The van der Waals surface area contributed by atoms with Gasteiger partial charge in [-0.3, -0.25) is 0 Å². The van der Waals surface area contributed by atoms with Gasteiger partial charge in [0.15, 0.2) is 0 Å². The Kier molecular flexibility index (Phi) is 4.83. The molecule has 2 aliphatic rings. The molecule has 1 atom stereocenters. The number of morpholine rings is 1. The first kappa shape index (κ1) is 15.2. The summed E-state index contributed by atoms with van der Waals surface area (Å²) in [6.07, 6.45) is 4.24. The van der Waals surface area contributed by atoms with E-state index >= 15 is 0 Å². The van der Waals surface area contributed by atoms with Crippen molar-refractivity contribution in [1.82, 2.24) is 10.2 Å². The lowest BCUT2D eigenvalue weighted by Crippen LogP contribution is -2.53. The third-order valence-corrected chi connectivity index (χ3v) is 4.45. The fraction of sp³-hybridized carbons (Fsp3) is 0.588. The Hall–Kier alpha value is -1.75. The molecule has 0 spiro atoms. The molecular formula is C17H24N2O3. The van der Waals surface area contributed by atoms with Crippen LogP contribution in [0, 0.1) is 5.92 Å². The zero-order valence-electron chi connectivity index (χ0n) is 12.8. The summed E-state index contributed by atoms with van der Waals surface area (Å²) in [5, 5.41) is 12.3. The maximum absolute atomic E-state index is 12.3. The van der Waals surface area contributed by atoms with Crippen molar-refractivity contribution in [2.45, 2.75) is 31.7 Å². The number of benzene rings is 1. The number of phenols is 1. The minimum Gasteiger partial charge on any atom is -0.508 e. The van der Waals surface area contributed by atoms with E-state index in [4.69, 9.17) is 4.74 Å². The van der Waals surface area contributed by atoms with Gasteiger partial charge in [0.2, 0.25) is 0 Å². The summed E-state index contributed by atoms with van der Waals surface area (Å²) in [5.74, 6) is 0.929. The molecular weight excluding hydrogens is 280 g/mol. The molecule has 5 heteroatoms. The first-order valence-corrected chi connectivity index (χ1v) is 8.14. The van der Waals surface area contributed by atoms with Crippen LogP contribution >= 0.6 is 0 Å². The Morgan fingerprint density at radius 1 is 1.32 bits per heavy atom. The fourth-order valence-corrected chi connectivity index (χ4v) is 3.00. The first-order valence-electron chi connectivity index (χ1n) is 8.14. The van der Waals surface area contributed by atoms with E-state index in [-0.39, 0.29) is 17.8 Å². The van der Waals surface area contributed by atoms with Crippen LogP contribution in [0.25, 0.3) is 0 Å². The smallest absolute Gasteiger partial charge is 0.317 e. The van der Waals surface area contributed by atoms with Crippen molar-refractivity contribution in [3.8, 4) is 5.75 Å². The minimum absolute atomic E-state index is 0.0471. The third kappa shape index (κ3) is 3.91. The Morgan fingerprint density at radius 2 is 2.09 bits per heavy atom. The van der Waals surface area contributed by atoms with Gasteiger partial charge in [0, 0.05) is 13.1 Å². The molecule has 1 aromatic carbocycles. The van der Waals surface area contributed by atoms with Gasteiger partial charge >= 0.3 is 6.03 Å². The Bertz CT molecular complexity index is 499. The number of rotatable bonds is 5. The van der Waals surface area contributed by atoms with E-state index in [2.05, 4.69) is 5.32 Å². The standard InChI is InChI=1S/C17H24N2O3/c20-15-7-3-13(4-8-15)2-1-9-18-17(21)19-10-11-22-12-16(19)14-5-6-14/h3-4,7-8,14,16,20H,1-2,5-6,9-12H2,(H,18,21)/t16-/m0/s1. The second-order valence-corrected chi connectivity index (χ2v) is 6.18. The summed E-state index contributed by atoms with van der Waals surface area (Å²) >= 11 is 0. The highest BCUT2D eigenvalue weighted by molar-refractivity contribution is 5.74. The highest BCUT2D eigenvalue weighted by atomic mass is 16.5. The molecule has 5 nitrogen and oxygen atoms in total. The largest absolute Gasteiger partial charge is 0.508 e. The van der Waals surface area contributed by atoms with Crippen molar-refractivity contribution in [2.75, 3.05) is 26.3 Å². The SMILES string of the molecule is O=C(NCCCc1ccc(O)cc1)N1CCOC[C@H]1C1CC1. The number of carbonyl (C=O) groups excluding carboxylic acids is 1. The molecule has 1 saturated heterocycles. The lowest BCUT2D eigenvalue weighted by molar-refractivity contribution is 0.00474. The predicted molar refractivity (Wildman–Crippen MR) is 83.9 cm³/mol. The van der Waals surface area contributed by atoms with Crippen molar-refractivity contribution in [2.24, 2.45) is 5.92 Å². The predicted octanol–water partition coefficient (Wildman–Crippen LogP) is 2.15. The van der Waals surface area contributed by atoms with E-state index in [1.165, 1.54) is 18.4 Å². The molecule has 0 radical (unpaired) electrons. The number of nitrogens with one attached hydrogen (secondary N) is 1. The first-order chi connectivity index (χ1) is 10.7. The van der Waals surface area contributed by atoms with E-state index in [1.54, 1.807) is 12.1 Å². The van der Waals surface area contributed by atoms with Crippen LogP contribution in [0.4, 0.5) is 4.79 Å². The number of urea groups is 1. The van der Waals surface area contributed by atoms with Gasteiger partial charge in [-0.25, -0.2) is 4.79 Å². The average molecular weight is 304 g/mol. The van der Waals surface area contributed by atoms with Gasteiger partial charge in [0.05, 0.1) is 19.3 Å². The highest BCUT2D eigenvalue weighted by Crippen LogP contribution is 2.36. The number of hydrogen-bond acceptors (Lipinski definition) is 3. The number of amides is 2. The summed E-state index contributed by atoms with van der Waals surface area (Å²) in [6, 6.07) is 7.55. The second kappa shape index (κ2) is 7.01. The van der Waals surface area contributed by atoms with Crippen molar-refractivity contribution in [3.05, 3.63) is 29.8 Å². The molecule has 1 aromatic rings. The molecule has 0 aromatic heterocycles. The molecule has 1 heterocycles. The van der Waals surface area contributed by atoms with Gasteiger partial charge in [-0.15, -0.1) is 0 Å². The Morgan fingerprint density at radius 3 is 2.82 bits per heavy atom. The molecule has 3 rings (SSSR count). The monoisotopic (exact) mass is 304 g/mol. The van der Waals surface area contributed by atoms with Crippen LogP contribution in [-0.2, 0) is 11.2 Å². The number of nitrogens with zero attached hydrogens (tertiary/aromatic N) is 1. The van der Waals surface area contributed by atoms with Crippen LogP contribution in [-0.4, -0.2) is 48.4 Å². The van der Waals surface area contributed by atoms with Gasteiger partial charge in [0.1, 0.15) is 5.75 Å². The molecule has 1 aliphatic carbocycles. The molecule has 1 aliphatic heterocycles. The average Bonchev–Trinajstić information content (AvgIpc) is 3.38. The minimum atomic E-state index is 0.0471. The van der Waals surface area contributed by atoms with Gasteiger partial charge in [0.25, 0.3) is 0 Å². The normalized spacial score (nSPS) is 21.6. The van der Waals surface area contributed by atoms with Gasteiger partial charge < -0.3 is 20.1 Å². The summed E-state index contributed by atoms with van der Waals surface area (Å²) in [7, 11) is 0. The van der Waals surface area contributed by atoms with Crippen LogP contribution in [0.3, 0.4) is 0 Å². The summed E-state index contributed by atoms with van der Waals surface area (Å²) < 4.78 is 5.51. The topological polar surface area (TPSA) is 61.8 Å². The molecule has 2 fully saturated rings. The van der Waals surface area contributed by atoms with E-state index in [0.29, 0.717) is 32.2 Å². The van der Waals surface area contributed by atoms with Crippen molar-refractivity contribution < 1.29 is 14.6 Å². The number of aromatic hydroxyl groups is 1.